The molecule has 0 saturated heterocycles. The molecule has 0 aliphatic carbocycles. The van der Waals surface area contributed by atoms with E-state index in [0.29, 0.717) is 10.6 Å². The quantitative estimate of drug-likeness (QED) is 0.388. The minimum atomic E-state index is -0.0163. The van der Waals surface area contributed by atoms with E-state index in [0.717, 1.165) is 14.4 Å². The predicted molar refractivity (Wildman–Crippen MR) is 82.3 cm³/mol. The van der Waals surface area contributed by atoms with Gasteiger partial charge in [-0.15, -0.1) is 10.2 Å². The fourth-order valence-electron chi connectivity index (χ4n) is 1.35. The van der Waals surface area contributed by atoms with Crippen molar-refractivity contribution in [3.05, 3.63) is 28.8 Å². The minimum absolute atomic E-state index is 0.0163. The SMILES string of the molecule is CN(C)c1nnc(Sc2ccc(C(N)=NO)c(Cl)c2)s1. The first kappa shape index (κ1) is 14.9. The van der Waals surface area contributed by atoms with E-state index in [2.05, 4.69) is 15.4 Å². The van der Waals surface area contributed by atoms with Gasteiger partial charge in [0.2, 0.25) is 5.13 Å². The van der Waals surface area contributed by atoms with Gasteiger partial charge in [0, 0.05) is 24.6 Å². The van der Waals surface area contributed by atoms with Gasteiger partial charge in [-0.3, -0.25) is 0 Å². The lowest BCUT2D eigenvalue weighted by molar-refractivity contribution is 0.318. The van der Waals surface area contributed by atoms with Crippen LogP contribution in [0.3, 0.4) is 0 Å². The van der Waals surface area contributed by atoms with Gasteiger partial charge in [-0.25, -0.2) is 0 Å². The molecular weight excluding hydrogens is 318 g/mol. The Morgan fingerprint density at radius 2 is 2.20 bits per heavy atom. The number of nitrogens with zero attached hydrogens (tertiary/aromatic N) is 4. The van der Waals surface area contributed by atoms with E-state index >= 15 is 0 Å². The predicted octanol–water partition coefficient (Wildman–Crippen LogP) is 2.50. The number of halogens is 1. The Morgan fingerprint density at radius 3 is 2.75 bits per heavy atom. The summed E-state index contributed by atoms with van der Waals surface area (Å²) >= 11 is 9.05. The van der Waals surface area contributed by atoms with Crippen molar-refractivity contribution >= 4 is 45.7 Å². The molecule has 0 saturated carbocycles. The highest BCUT2D eigenvalue weighted by Gasteiger charge is 2.10. The second-order valence-electron chi connectivity index (χ2n) is 3.97. The van der Waals surface area contributed by atoms with Crippen molar-refractivity contribution in [2.45, 2.75) is 9.24 Å². The third kappa shape index (κ3) is 3.33. The third-order valence-corrected chi connectivity index (χ3v) is 4.75. The highest BCUT2D eigenvalue weighted by atomic mass is 35.5. The molecule has 9 heteroatoms. The molecule has 1 heterocycles. The van der Waals surface area contributed by atoms with Gasteiger partial charge in [-0.1, -0.05) is 39.9 Å². The number of anilines is 1. The zero-order valence-electron chi connectivity index (χ0n) is 10.7. The summed E-state index contributed by atoms with van der Waals surface area (Å²) in [5, 5.41) is 21.0. The topological polar surface area (TPSA) is 87.6 Å². The molecule has 6 nitrogen and oxygen atoms in total. The molecule has 0 aliphatic heterocycles. The van der Waals surface area contributed by atoms with E-state index < -0.39 is 0 Å². The van der Waals surface area contributed by atoms with Crippen molar-refractivity contribution in [1.82, 2.24) is 10.2 Å². The van der Waals surface area contributed by atoms with Gasteiger partial charge in [0.05, 0.1) is 5.02 Å². The van der Waals surface area contributed by atoms with Crippen molar-refractivity contribution in [1.29, 1.82) is 0 Å². The fraction of sp³-hybridized carbons (Fsp3) is 0.182. The van der Waals surface area contributed by atoms with Crippen LogP contribution in [0.1, 0.15) is 5.56 Å². The van der Waals surface area contributed by atoms with Gasteiger partial charge in [0.15, 0.2) is 10.2 Å². The van der Waals surface area contributed by atoms with Gasteiger partial charge in [-0.05, 0) is 18.2 Å². The van der Waals surface area contributed by atoms with Crippen molar-refractivity contribution < 1.29 is 5.21 Å². The van der Waals surface area contributed by atoms with Crippen molar-refractivity contribution in [2.24, 2.45) is 10.9 Å². The van der Waals surface area contributed by atoms with E-state index in [-0.39, 0.29) is 5.84 Å². The molecule has 20 heavy (non-hydrogen) atoms. The van der Waals surface area contributed by atoms with Crippen molar-refractivity contribution in [3.63, 3.8) is 0 Å². The molecule has 0 fully saturated rings. The largest absolute Gasteiger partial charge is 0.409 e. The van der Waals surface area contributed by atoms with Crippen molar-refractivity contribution in [2.75, 3.05) is 19.0 Å². The number of benzene rings is 1. The van der Waals surface area contributed by atoms with Gasteiger partial charge < -0.3 is 15.8 Å². The Bertz CT molecular complexity index is 643. The van der Waals surface area contributed by atoms with Crippen molar-refractivity contribution in [3.8, 4) is 0 Å². The molecule has 2 rings (SSSR count). The highest BCUT2D eigenvalue weighted by Crippen LogP contribution is 2.34. The lowest BCUT2D eigenvalue weighted by atomic mass is 10.2. The smallest absolute Gasteiger partial charge is 0.208 e. The number of hydrogen-bond donors (Lipinski definition) is 2. The normalized spacial score (nSPS) is 11.7. The molecule has 0 spiro atoms. The summed E-state index contributed by atoms with van der Waals surface area (Å²) < 4.78 is 0.821. The molecule has 0 atom stereocenters. The van der Waals surface area contributed by atoms with Crippen LogP contribution in [0.15, 0.2) is 32.6 Å². The maximum atomic E-state index is 8.65. The van der Waals surface area contributed by atoms with Gasteiger partial charge in [0.1, 0.15) is 0 Å². The number of aromatic nitrogens is 2. The first-order valence-electron chi connectivity index (χ1n) is 5.47. The lowest BCUT2D eigenvalue weighted by Crippen LogP contribution is -2.13. The zero-order chi connectivity index (χ0) is 14.7. The minimum Gasteiger partial charge on any atom is -0.409 e. The van der Waals surface area contributed by atoms with Crippen LogP contribution < -0.4 is 10.6 Å². The maximum Gasteiger partial charge on any atom is 0.208 e. The first-order valence-corrected chi connectivity index (χ1v) is 7.48. The number of rotatable bonds is 4. The van der Waals surface area contributed by atoms with E-state index in [1.807, 2.05) is 25.1 Å². The Kier molecular flexibility index (Phi) is 4.69. The summed E-state index contributed by atoms with van der Waals surface area (Å²) in [6, 6.07) is 5.28. The lowest BCUT2D eigenvalue weighted by Gasteiger charge is -2.05. The molecule has 0 radical (unpaired) electrons. The number of hydrogen-bond acceptors (Lipinski definition) is 7. The van der Waals surface area contributed by atoms with Crippen LogP contribution in [0.4, 0.5) is 5.13 Å². The number of amidine groups is 1. The molecule has 1 aromatic carbocycles. The van der Waals surface area contributed by atoms with Crippen LogP contribution in [0, 0.1) is 0 Å². The summed E-state index contributed by atoms with van der Waals surface area (Å²) in [6.45, 7) is 0. The Hall–Kier alpha value is -1.51. The monoisotopic (exact) mass is 329 g/mol. The molecule has 3 N–H and O–H groups in total. The van der Waals surface area contributed by atoms with Gasteiger partial charge in [0.25, 0.3) is 0 Å². The molecule has 0 aliphatic rings. The molecule has 0 amide bonds. The van der Waals surface area contributed by atoms with E-state index in [9.17, 15) is 0 Å². The van der Waals surface area contributed by atoms with Crippen LogP contribution in [0.2, 0.25) is 5.02 Å². The third-order valence-electron chi connectivity index (χ3n) is 2.31. The summed E-state index contributed by atoms with van der Waals surface area (Å²) in [6.07, 6.45) is 0. The molecule has 0 bridgehead atoms. The van der Waals surface area contributed by atoms with Crippen LogP contribution >= 0.6 is 34.7 Å². The number of nitrogens with two attached hydrogens (primary N) is 1. The standard InChI is InChI=1S/C11H12ClN5OS2/c1-17(2)10-14-15-11(20-10)19-6-3-4-7(8(12)5-6)9(13)16-18/h3-5,18H,1-2H3,(H2,13,16). The Balaban J connectivity index is 2.19. The maximum absolute atomic E-state index is 8.65. The second-order valence-corrected chi connectivity index (χ2v) is 6.66. The highest BCUT2D eigenvalue weighted by molar-refractivity contribution is 8.01. The summed E-state index contributed by atoms with van der Waals surface area (Å²) in [5.41, 5.74) is 6.01. The fourth-order valence-corrected chi connectivity index (χ4v) is 3.47. The van der Waals surface area contributed by atoms with Crippen LogP contribution in [-0.2, 0) is 0 Å². The zero-order valence-corrected chi connectivity index (χ0v) is 13.1. The Labute approximate surface area is 129 Å². The average Bonchev–Trinajstić information content (AvgIpc) is 2.87. The van der Waals surface area contributed by atoms with E-state index in [4.69, 9.17) is 22.5 Å². The molecule has 0 unspecified atom stereocenters. The van der Waals surface area contributed by atoms with Gasteiger partial charge >= 0.3 is 0 Å². The second kappa shape index (κ2) is 6.29. The first-order chi connectivity index (χ1) is 9.51. The summed E-state index contributed by atoms with van der Waals surface area (Å²) in [5.74, 6) is -0.0163. The molecule has 106 valence electrons. The van der Waals surface area contributed by atoms with Crippen LogP contribution in [0.5, 0.6) is 0 Å². The number of oxime groups is 1. The van der Waals surface area contributed by atoms with E-state index in [1.54, 1.807) is 12.1 Å². The van der Waals surface area contributed by atoms with Gasteiger partial charge in [-0.2, -0.15) is 0 Å². The summed E-state index contributed by atoms with van der Waals surface area (Å²) in [7, 11) is 3.83. The van der Waals surface area contributed by atoms with Crippen LogP contribution in [-0.4, -0.2) is 35.3 Å². The molecular formula is C11H12ClN5OS2. The molecule has 1 aromatic heterocycles. The van der Waals surface area contributed by atoms with Crippen LogP contribution in [0.25, 0.3) is 0 Å². The Morgan fingerprint density at radius 1 is 1.45 bits per heavy atom. The molecule has 2 aromatic rings. The van der Waals surface area contributed by atoms with E-state index in [1.165, 1.54) is 23.1 Å². The summed E-state index contributed by atoms with van der Waals surface area (Å²) in [4.78, 5) is 2.81. The average molecular weight is 330 g/mol.